The second-order valence-electron chi connectivity index (χ2n) is 4.04. The first-order chi connectivity index (χ1) is 8.79. The van der Waals surface area contributed by atoms with Crippen LogP contribution in [0, 0.1) is 6.92 Å². The van der Waals surface area contributed by atoms with Crippen molar-refractivity contribution in [1.82, 2.24) is 4.98 Å². The number of thiazole rings is 1. The minimum absolute atomic E-state index is 0.0873. The van der Waals surface area contributed by atoms with Gasteiger partial charge >= 0.3 is 0 Å². The van der Waals surface area contributed by atoms with E-state index in [0.717, 1.165) is 34.2 Å². The Kier molecular flexibility index (Phi) is 4.73. The number of hydrogen-bond donors (Lipinski definition) is 1. The van der Waals surface area contributed by atoms with Gasteiger partial charge < -0.3 is 9.84 Å². The van der Waals surface area contributed by atoms with Crippen LogP contribution in [0.3, 0.4) is 0 Å². The van der Waals surface area contributed by atoms with Crippen molar-refractivity contribution >= 4 is 11.3 Å². The van der Waals surface area contributed by atoms with Gasteiger partial charge in [-0.05, 0) is 25.5 Å². The molecule has 0 radical (unpaired) electrons. The van der Waals surface area contributed by atoms with E-state index in [1.807, 2.05) is 37.3 Å². The Hall–Kier alpha value is -1.39. The van der Waals surface area contributed by atoms with Crippen molar-refractivity contribution in [3.8, 4) is 5.75 Å². The maximum Gasteiger partial charge on any atom is 0.119 e. The number of aryl methyl sites for hydroxylation is 2. The van der Waals surface area contributed by atoms with Crippen LogP contribution in [0.5, 0.6) is 5.75 Å². The monoisotopic (exact) mass is 263 g/mol. The quantitative estimate of drug-likeness (QED) is 0.815. The molecule has 0 saturated heterocycles. The molecule has 1 N–H and O–H groups in total. The molecule has 1 heterocycles. The van der Waals surface area contributed by atoms with Crippen LogP contribution < -0.4 is 4.74 Å². The van der Waals surface area contributed by atoms with Gasteiger partial charge in [0.15, 0.2) is 0 Å². The minimum Gasteiger partial charge on any atom is -0.494 e. The number of nitrogens with zero attached hydrogens (tertiary/aromatic N) is 1. The van der Waals surface area contributed by atoms with E-state index in [1.54, 1.807) is 11.3 Å². The minimum atomic E-state index is 0.0873. The molecule has 0 amide bonds. The van der Waals surface area contributed by atoms with Gasteiger partial charge in [-0.2, -0.15) is 0 Å². The third-order valence-electron chi connectivity index (χ3n) is 2.63. The normalized spacial score (nSPS) is 10.6. The smallest absolute Gasteiger partial charge is 0.119 e. The van der Waals surface area contributed by atoms with Crippen LogP contribution in [0.1, 0.15) is 22.0 Å². The Morgan fingerprint density at radius 2 is 2.06 bits per heavy atom. The maximum atomic E-state index is 9.10. The highest BCUT2D eigenvalue weighted by atomic mass is 32.1. The van der Waals surface area contributed by atoms with Crippen molar-refractivity contribution < 1.29 is 9.84 Å². The van der Waals surface area contributed by atoms with Gasteiger partial charge in [-0.1, -0.05) is 18.2 Å². The maximum absolute atomic E-state index is 9.10. The Balaban J connectivity index is 1.75. The number of ether oxygens (including phenoxy) is 1. The number of aromatic nitrogens is 1. The van der Waals surface area contributed by atoms with Crippen molar-refractivity contribution in [3.05, 3.63) is 45.9 Å². The predicted molar refractivity (Wildman–Crippen MR) is 73.0 cm³/mol. The highest BCUT2D eigenvalue weighted by molar-refractivity contribution is 7.11. The molecule has 18 heavy (non-hydrogen) atoms. The molecule has 0 aliphatic heterocycles. The summed E-state index contributed by atoms with van der Waals surface area (Å²) < 4.78 is 5.62. The fraction of sp³-hybridized carbons (Fsp3) is 0.357. The second kappa shape index (κ2) is 6.52. The van der Waals surface area contributed by atoms with Gasteiger partial charge in [0.2, 0.25) is 0 Å². The van der Waals surface area contributed by atoms with Gasteiger partial charge in [-0.15, -0.1) is 11.3 Å². The third kappa shape index (κ3) is 3.55. The van der Waals surface area contributed by atoms with Crippen LogP contribution in [-0.2, 0) is 13.0 Å². The largest absolute Gasteiger partial charge is 0.494 e. The molecule has 0 saturated carbocycles. The molecule has 3 nitrogen and oxygen atoms in total. The summed E-state index contributed by atoms with van der Waals surface area (Å²) in [5.41, 5.74) is 0.946. The fourth-order valence-electron chi connectivity index (χ4n) is 1.67. The Morgan fingerprint density at radius 1 is 1.28 bits per heavy atom. The van der Waals surface area contributed by atoms with Crippen LogP contribution >= 0.6 is 11.3 Å². The molecule has 2 rings (SSSR count). The number of aliphatic hydroxyl groups is 1. The van der Waals surface area contributed by atoms with E-state index in [9.17, 15) is 0 Å². The topological polar surface area (TPSA) is 42.4 Å². The van der Waals surface area contributed by atoms with Crippen LogP contribution in [0.4, 0.5) is 0 Å². The summed E-state index contributed by atoms with van der Waals surface area (Å²) in [6.45, 7) is 2.72. The molecule has 1 aromatic carbocycles. The molecule has 96 valence electrons. The van der Waals surface area contributed by atoms with Gasteiger partial charge in [0, 0.05) is 6.42 Å². The number of hydrogen-bond acceptors (Lipinski definition) is 4. The number of rotatable bonds is 6. The Morgan fingerprint density at radius 3 is 2.72 bits per heavy atom. The zero-order valence-electron chi connectivity index (χ0n) is 10.4. The van der Waals surface area contributed by atoms with Crippen LogP contribution in [0.2, 0.25) is 0 Å². The molecule has 0 unspecified atom stereocenters. The summed E-state index contributed by atoms with van der Waals surface area (Å²) in [7, 11) is 0. The summed E-state index contributed by atoms with van der Waals surface area (Å²) in [5, 5.41) is 10.2. The van der Waals surface area contributed by atoms with E-state index in [-0.39, 0.29) is 6.61 Å². The summed E-state index contributed by atoms with van der Waals surface area (Å²) in [5.74, 6) is 0.906. The average molecular weight is 263 g/mol. The molecule has 0 spiro atoms. The average Bonchev–Trinajstić information content (AvgIpc) is 2.76. The molecule has 4 heteroatoms. The third-order valence-corrected chi connectivity index (χ3v) is 3.83. The standard InChI is InChI=1S/C14H17NO2S/c1-11-13(10-16)18-14(15-11)8-5-9-17-12-6-3-2-4-7-12/h2-4,6-7,16H,5,8-10H2,1H3. The second-order valence-corrected chi connectivity index (χ2v) is 5.21. The zero-order valence-corrected chi connectivity index (χ0v) is 11.2. The molecule has 0 atom stereocenters. The Bertz CT molecular complexity index is 482. The molecule has 1 aromatic heterocycles. The molecule has 0 aliphatic rings. The first kappa shape index (κ1) is 13.1. The van der Waals surface area contributed by atoms with Gasteiger partial charge in [0.05, 0.1) is 28.8 Å². The molecule has 0 bridgehead atoms. The first-order valence-corrected chi connectivity index (χ1v) is 6.85. The first-order valence-electron chi connectivity index (χ1n) is 6.03. The summed E-state index contributed by atoms with van der Waals surface area (Å²) in [6, 6.07) is 9.82. The van der Waals surface area contributed by atoms with Crippen LogP contribution in [0.15, 0.2) is 30.3 Å². The van der Waals surface area contributed by atoms with E-state index >= 15 is 0 Å². The van der Waals surface area contributed by atoms with Gasteiger partial charge in [0.1, 0.15) is 5.75 Å². The van der Waals surface area contributed by atoms with Crippen molar-refractivity contribution in [2.75, 3.05) is 6.61 Å². The lowest BCUT2D eigenvalue weighted by molar-refractivity contribution is 0.284. The zero-order chi connectivity index (χ0) is 12.8. The van der Waals surface area contributed by atoms with E-state index < -0.39 is 0 Å². The molecule has 0 fully saturated rings. The number of para-hydroxylation sites is 1. The van der Waals surface area contributed by atoms with E-state index in [0.29, 0.717) is 6.61 Å². The fourth-order valence-corrected chi connectivity index (χ4v) is 2.64. The molecular formula is C14H17NO2S. The van der Waals surface area contributed by atoms with Crippen molar-refractivity contribution in [3.63, 3.8) is 0 Å². The summed E-state index contributed by atoms with van der Waals surface area (Å²) in [6.07, 6.45) is 1.84. The highest BCUT2D eigenvalue weighted by Crippen LogP contribution is 2.19. The lowest BCUT2D eigenvalue weighted by Gasteiger charge is -2.04. The SMILES string of the molecule is Cc1nc(CCCOc2ccccc2)sc1CO. The predicted octanol–water partition coefficient (Wildman–Crippen LogP) is 2.96. The van der Waals surface area contributed by atoms with Crippen molar-refractivity contribution in [1.29, 1.82) is 0 Å². The van der Waals surface area contributed by atoms with Crippen molar-refractivity contribution in [2.45, 2.75) is 26.4 Å². The van der Waals surface area contributed by atoms with Gasteiger partial charge in [0.25, 0.3) is 0 Å². The highest BCUT2D eigenvalue weighted by Gasteiger charge is 2.06. The van der Waals surface area contributed by atoms with E-state index in [1.165, 1.54) is 0 Å². The lowest BCUT2D eigenvalue weighted by atomic mass is 10.3. The van der Waals surface area contributed by atoms with Crippen LogP contribution in [0.25, 0.3) is 0 Å². The van der Waals surface area contributed by atoms with E-state index in [4.69, 9.17) is 9.84 Å². The Labute approximate surface area is 111 Å². The molecular weight excluding hydrogens is 246 g/mol. The lowest BCUT2D eigenvalue weighted by Crippen LogP contribution is -1.99. The number of benzene rings is 1. The summed E-state index contributed by atoms with van der Waals surface area (Å²) >= 11 is 1.59. The van der Waals surface area contributed by atoms with Gasteiger partial charge in [-0.3, -0.25) is 0 Å². The van der Waals surface area contributed by atoms with Gasteiger partial charge in [-0.25, -0.2) is 4.98 Å². The van der Waals surface area contributed by atoms with E-state index in [2.05, 4.69) is 4.98 Å². The molecule has 2 aromatic rings. The van der Waals surface area contributed by atoms with Crippen LogP contribution in [-0.4, -0.2) is 16.7 Å². The summed E-state index contributed by atoms with van der Waals surface area (Å²) in [4.78, 5) is 5.40. The number of aliphatic hydroxyl groups excluding tert-OH is 1. The molecule has 0 aliphatic carbocycles. The van der Waals surface area contributed by atoms with Crippen molar-refractivity contribution in [2.24, 2.45) is 0 Å².